The van der Waals surface area contributed by atoms with E-state index >= 15 is 0 Å². The van der Waals surface area contributed by atoms with Crippen molar-refractivity contribution in [2.24, 2.45) is 0 Å². The maximum absolute atomic E-state index is 6.10. The summed E-state index contributed by atoms with van der Waals surface area (Å²) in [5.74, 6) is 1.34. The zero-order valence-corrected chi connectivity index (χ0v) is 13.1. The molecule has 0 aliphatic rings. The number of halogens is 3. The van der Waals surface area contributed by atoms with E-state index in [1.165, 1.54) is 6.33 Å². The minimum Gasteiger partial charge on any atom is -0.369 e. The molecule has 1 aromatic carbocycles. The van der Waals surface area contributed by atoms with Gasteiger partial charge in [-0.25, -0.2) is 9.97 Å². The van der Waals surface area contributed by atoms with E-state index < -0.39 is 0 Å². The Labute approximate surface area is 129 Å². The first kappa shape index (κ1) is 14.4. The molecule has 0 unspecified atom stereocenters. The number of nitrogens with one attached hydrogen (secondary N) is 2. The largest absolute Gasteiger partial charge is 0.369 e. The van der Waals surface area contributed by atoms with Crippen LogP contribution in [0.3, 0.4) is 0 Å². The quantitative estimate of drug-likeness (QED) is 0.827. The van der Waals surface area contributed by atoms with Crippen molar-refractivity contribution in [2.75, 3.05) is 17.2 Å². The third-order valence-electron chi connectivity index (χ3n) is 2.32. The van der Waals surface area contributed by atoms with Gasteiger partial charge in [0.05, 0.1) is 10.7 Å². The van der Waals surface area contributed by atoms with Gasteiger partial charge in [-0.1, -0.05) is 23.2 Å². The SMILES string of the molecule is CCNc1ncnc(Nc2cc(Cl)ccc2Cl)c1Br. The van der Waals surface area contributed by atoms with Gasteiger partial charge >= 0.3 is 0 Å². The van der Waals surface area contributed by atoms with Crippen molar-refractivity contribution in [1.29, 1.82) is 0 Å². The Bertz CT molecular complexity index is 592. The summed E-state index contributed by atoms with van der Waals surface area (Å²) < 4.78 is 0.743. The number of nitrogens with zero attached hydrogens (tertiary/aromatic N) is 2. The lowest BCUT2D eigenvalue weighted by atomic mass is 10.3. The number of hydrogen-bond donors (Lipinski definition) is 2. The molecule has 0 spiro atoms. The molecule has 0 radical (unpaired) electrons. The molecule has 0 aliphatic heterocycles. The first-order valence-electron chi connectivity index (χ1n) is 5.58. The van der Waals surface area contributed by atoms with Crippen LogP contribution in [0.2, 0.25) is 10.0 Å². The second-order valence-electron chi connectivity index (χ2n) is 3.66. The average Bonchev–Trinajstić information content (AvgIpc) is 2.39. The number of rotatable bonds is 4. The molecule has 19 heavy (non-hydrogen) atoms. The maximum atomic E-state index is 6.10. The maximum Gasteiger partial charge on any atom is 0.150 e. The minimum atomic E-state index is 0.569. The minimum absolute atomic E-state index is 0.569. The molecular weight excluding hydrogens is 351 g/mol. The molecule has 4 nitrogen and oxygen atoms in total. The molecule has 0 amide bonds. The standard InChI is InChI=1S/C12H11BrCl2N4/c1-2-16-11-10(13)12(18-6-17-11)19-9-5-7(14)3-4-8(9)15/h3-6H,2H2,1H3,(H2,16,17,18,19). The van der Waals surface area contributed by atoms with Crippen molar-refractivity contribution >= 4 is 56.5 Å². The van der Waals surface area contributed by atoms with Crippen LogP contribution in [-0.4, -0.2) is 16.5 Å². The van der Waals surface area contributed by atoms with Gasteiger partial charge in [-0.2, -0.15) is 0 Å². The van der Waals surface area contributed by atoms with Gasteiger partial charge in [0.1, 0.15) is 22.4 Å². The van der Waals surface area contributed by atoms with E-state index in [-0.39, 0.29) is 0 Å². The molecule has 0 aliphatic carbocycles. The predicted octanol–water partition coefficient (Wildman–Crippen LogP) is 4.72. The summed E-state index contributed by atoms with van der Waals surface area (Å²) in [6.07, 6.45) is 1.48. The summed E-state index contributed by atoms with van der Waals surface area (Å²) in [6.45, 7) is 2.77. The molecule has 100 valence electrons. The van der Waals surface area contributed by atoms with Gasteiger partial charge in [-0.3, -0.25) is 0 Å². The summed E-state index contributed by atoms with van der Waals surface area (Å²) in [5, 5.41) is 7.43. The van der Waals surface area contributed by atoms with Crippen LogP contribution in [0.5, 0.6) is 0 Å². The highest BCUT2D eigenvalue weighted by Crippen LogP contribution is 2.32. The lowest BCUT2D eigenvalue weighted by Crippen LogP contribution is -2.04. The van der Waals surface area contributed by atoms with E-state index in [2.05, 4.69) is 36.5 Å². The van der Waals surface area contributed by atoms with E-state index in [1.807, 2.05) is 6.92 Å². The van der Waals surface area contributed by atoms with Gasteiger partial charge in [0.2, 0.25) is 0 Å². The van der Waals surface area contributed by atoms with Crippen molar-refractivity contribution in [3.8, 4) is 0 Å². The summed E-state index contributed by atoms with van der Waals surface area (Å²) in [7, 11) is 0. The fourth-order valence-electron chi connectivity index (χ4n) is 1.47. The number of hydrogen-bond acceptors (Lipinski definition) is 4. The Morgan fingerprint density at radius 3 is 2.68 bits per heavy atom. The molecule has 0 atom stereocenters. The van der Waals surface area contributed by atoms with Crippen LogP contribution in [0.25, 0.3) is 0 Å². The topological polar surface area (TPSA) is 49.8 Å². The second kappa shape index (κ2) is 6.41. The highest BCUT2D eigenvalue weighted by molar-refractivity contribution is 9.10. The first-order chi connectivity index (χ1) is 9.11. The van der Waals surface area contributed by atoms with Gasteiger partial charge in [0, 0.05) is 11.6 Å². The highest BCUT2D eigenvalue weighted by Gasteiger charge is 2.10. The monoisotopic (exact) mass is 360 g/mol. The molecule has 2 N–H and O–H groups in total. The van der Waals surface area contributed by atoms with Crippen LogP contribution in [0.15, 0.2) is 29.0 Å². The van der Waals surface area contributed by atoms with Crippen LogP contribution in [0.1, 0.15) is 6.92 Å². The fourth-order valence-corrected chi connectivity index (χ4v) is 2.25. The molecule has 2 rings (SSSR count). The van der Waals surface area contributed by atoms with E-state index in [9.17, 15) is 0 Å². The summed E-state index contributed by atoms with van der Waals surface area (Å²) in [4.78, 5) is 8.32. The fraction of sp³-hybridized carbons (Fsp3) is 0.167. The summed E-state index contributed by atoms with van der Waals surface area (Å²) >= 11 is 15.5. The Hall–Kier alpha value is -1.04. The van der Waals surface area contributed by atoms with Crippen molar-refractivity contribution in [2.45, 2.75) is 6.92 Å². The third kappa shape index (κ3) is 3.49. The molecule has 0 saturated carbocycles. The summed E-state index contributed by atoms with van der Waals surface area (Å²) in [5.41, 5.74) is 0.691. The third-order valence-corrected chi connectivity index (χ3v) is 3.63. The Morgan fingerprint density at radius 2 is 1.95 bits per heavy atom. The second-order valence-corrected chi connectivity index (χ2v) is 5.30. The van der Waals surface area contributed by atoms with Crippen LogP contribution in [-0.2, 0) is 0 Å². The highest BCUT2D eigenvalue weighted by atomic mass is 79.9. The molecule has 2 aromatic rings. The van der Waals surface area contributed by atoms with Crippen LogP contribution in [0, 0.1) is 0 Å². The predicted molar refractivity (Wildman–Crippen MR) is 83.6 cm³/mol. The van der Waals surface area contributed by atoms with Crippen molar-refractivity contribution in [3.63, 3.8) is 0 Å². The molecular formula is C12H11BrCl2N4. The van der Waals surface area contributed by atoms with Gasteiger partial charge in [0.25, 0.3) is 0 Å². The molecule has 0 bridgehead atoms. The Balaban J connectivity index is 2.33. The number of anilines is 3. The van der Waals surface area contributed by atoms with Gasteiger partial charge in [-0.15, -0.1) is 0 Å². The van der Waals surface area contributed by atoms with E-state index in [0.717, 1.165) is 16.8 Å². The first-order valence-corrected chi connectivity index (χ1v) is 7.13. The Kier molecular flexibility index (Phi) is 4.85. The normalized spacial score (nSPS) is 10.3. The van der Waals surface area contributed by atoms with E-state index in [1.54, 1.807) is 18.2 Å². The molecule has 1 aromatic heterocycles. The number of aromatic nitrogens is 2. The Morgan fingerprint density at radius 1 is 1.21 bits per heavy atom. The molecule has 1 heterocycles. The van der Waals surface area contributed by atoms with Crippen molar-refractivity contribution in [3.05, 3.63) is 39.0 Å². The van der Waals surface area contributed by atoms with E-state index in [4.69, 9.17) is 23.2 Å². The lowest BCUT2D eigenvalue weighted by molar-refractivity contribution is 1.10. The molecule has 0 saturated heterocycles. The zero-order chi connectivity index (χ0) is 13.8. The van der Waals surface area contributed by atoms with Gasteiger partial charge < -0.3 is 10.6 Å². The van der Waals surface area contributed by atoms with Gasteiger partial charge in [-0.05, 0) is 41.1 Å². The average molecular weight is 362 g/mol. The van der Waals surface area contributed by atoms with Gasteiger partial charge in [0.15, 0.2) is 0 Å². The molecule has 7 heteroatoms. The van der Waals surface area contributed by atoms with Crippen molar-refractivity contribution < 1.29 is 0 Å². The van der Waals surface area contributed by atoms with Crippen LogP contribution >= 0.6 is 39.1 Å². The lowest BCUT2D eigenvalue weighted by Gasteiger charge is -2.12. The van der Waals surface area contributed by atoms with Crippen LogP contribution in [0.4, 0.5) is 17.3 Å². The smallest absolute Gasteiger partial charge is 0.150 e. The summed E-state index contributed by atoms with van der Waals surface area (Å²) in [6, 6.07) is 5.20. The number of benzene rings is 1. The van der Waals surface area contributed by atoms with Crippen molar-refractivity contribution in [1.82, 2.24) is 9.97 Å². The van der Waals surface area contributed by atoms with Crippen LogP contribution < -0.4 is 10.6 Å². The molecule has 0 fully saturated rings. The van der Waals surface area contributed by atoms with E-state index in [0.29, 0.717) is 21.6 Å². The zero-order valence-electron chi connectivity index (χ0n) is 10.0.